The van der Waals surface area contributed by atoms with Gasteiger partial charge in [0.05, 0.1) is 19.8 Å². The number of aliphatic hydroxyl groups excluding tert-OH is 1. The average molecular weight is 227 g/mol. The quantitative estimate of drug-likeness (QED) is 0.757. The summed E-state index contributed by atoms with van der Waals surface area (Å²) in [5.74, 6) is 0.388. The van der Waals surface area contributed by atoms with E-state index in [9.17, 15) is 9.90 Å². The van der Waals surface area contributed by atoms with E-state index in [0.29, 0.717) is 13.2 Å². The number of rotatable bonds is 4. The van der Waals surface area contributed by atoms with Crippen LogP contribution >= 0.6 is 0 Å². The topological polar surface area (TPSA) is 49.8 Å². The normalized spacial score (nSPS) is 31.8. The predicted molar refractivity (Wildman–Crippen MR) is 60.2 cm³/mol. The summed E-state index contributed by atoms with van der Waals surface area (Å²) >= 11 is 0. The Morgan fingerprint density at radius 3 is 2.94 bits per heavy atom. The van der Waals surface area contributed by atoms with E-state index in [-0.39, 0.29) is 24.3 Å². The van der Waals surface area contributed by atoms with Crippen LogP contribution in [0.4, 0.5) is 0 Å². The zero-order valence-corrected chi connectivity index (χ0v) is 9.73. The van der Waals surface area contributed by atoms with Gasteiger partial charge in [0, 0.05) is 18.6 Å². The first-order chi connectivity index (χ1) is 7.81. The maximum atomic E-state index is 12.0. The van der Waals surface area contributed by atoms with Crippen LogP contribution in [-0.2, 0) is 9.53 Å². The lowest BCUT2D eigenvalue weighted by molar-refractivity contribution is -0.125. The van der Waals surface area contributed by atoms with Gasteiger partial charge in [-0.2, -0.15) is 0 Å². The summed E-state index contributed by atoms with van der Waals surface area (Å²) in [4.78, 5) is 14.1. The first-order valence-electron chi connectivity index (χ1n) is 6.26. The third kappa shape index (κ3) is 2.81. The van der Waals surface area contributed by atoms with Gasteiger partial charge in [-0.3, -0.25) is 9.69 Å². The molecule has 4 nitrogen and oxygen atoms in total. The number of carbonyl (C=O) groups excluding carboxylic acids is 1. The molecule has 1 N–H and O–H groups in total. The van der Waals surface area contributed by atoms with E-state index < -0.39 is 0 Å². The van der Waals surface area contributed by atoms with E-state index in [1.165, 1.54) is 6.42 Å². The van der Waals surface area contributed by atoms with E-state index in [1.807, 2.05) is 0 Å². The Bertz CT molecular complexity index is 238. The van der Waals surface area contributed by atoms with Crippen LogP contribution in [0.15, 0.2) is 0 Å². The molecule has 0 amide bonds. The van der Waals surface area contributed by atoms with Crippen molar-refractivity contribution < 1.29 is 14.6 Å². The number of aliphatic hydroxyl groups is 1. The number of Topliss-reactive ketones (excluding diaryl/α,β-unsaturated/α-hetero) is 1. The van der Waals surface area contributed by atoms with Gasteiger partial charge in [0.15, 0.2) is 5.78 Å². The van der Waals surface area contributed by atoms with Crippen LogP contribution in [0, 0.1) is 5.92 Å². The Morgan fingerprint density at radius 1 is 1.38 bits per heavy atom. The Kier molecular flexibility index (Phi) is 4.32. The van der Waals surface area contributed by atoms with Gasteiger partial charge in [-0.15, -0.1) is 0 Å². The maximum absolute atomic E-state index is 12.0. The first-order valence-corrected chi connectivity index (χ1v) is 6.26. The third-order valence-corrected chi connectivity index (χ3v) is 3.70. The monoisotopic (exact) mass is 227 g/mol. The summed E-state index contributed by atoms with van der Waals surface area (Å²) in [6.45, 7) is 2.94. The highest BCUT2D eigenvalue weighted by Crippen LogP contribution is 2.19. The zero-order valence-electron chi connectivity index (χ0n) is 9.73. The van der Waals surface area contributed by atoms with Crippen LogP contribution in [0.3, 0.4) is 0 Å². The van der Waals surface area contributed by atoms with E-state index in [4.69, 9.17) is 4.74 Å². The molecule has 2 unspecified atom stereocenters. The molecule has 2 fully saturated rings. The van der Waals surface area contributed by atoms with Crippen LogP contribution in [0.1, 0.15) is 25.7 Å². The summed E-state index contributed by atoms with van der Waals surface area (Å²) in [6, 6.07) is 0.194. The van der Waals surface area contributed by atoms with Crippen molar-refractivity contribution in [2.24, 2.45) is 5.92 Å². The van der Waals surface area contributed by atoms with Crippen molar-refractivity contribution in [1.82, 2.24) is 4.90 Å². The number of nitrogens with zero attached hydrogens (tertiary/aromatic N) is 1. The van der Waals surface area contributed by atoms with Crippen molar-refractivity contribution in [3.05, 3.63) is 0 Å². The summed E-state index contributed by atoms with van der Waals surface area (Å²) in [7, 11) is 0. The maximum Gasteiger partial charge on any atom is 0.152 e. The molecule has 0 spiro atoms. The molecule has 2 rings (SSSR count). The minimum absolute atomic E-state index is 0.0984. The number of likely N-dealkylation sites (tertiary alicyclic amines) is 1. The van der Waals surface area contributed by atoms with Gasteiger partial charge in [-0.25, -0.2) is 0 Å². The van der Waals surface area contributed by atoms with Crippen molar-refractivity contribution in [3.8, 4) is 0 Å². The van der Waals surface area contributed by atoms with Crippen LogP contribution < -0.4 is 0 Å². The van der Waals surface area contributed by atoms with Crippen molar-refractivity contribution in [2.45, 2.75) is 31.7 Å². The Hall–Kier alpha value is -0.450. The average Bonchev–Trinajstić information content (AvgIpc) is 2.83. The third-order valence-electron chi connectivity index (χ3n) is 3.70. The van der Waals surface area contributed by atoms with Gasteiger partial charge in [-0.1, -0.05) is 6.42 Å². The van der Waals surface area contributed by atoms with Gasteiger partial charge in [0.25, 0.3) is 0 Å². The molecule has 0 aromatic carbocycles. The SMILES string of the molecule is O=C(CN1CCCCC1CO)C1CCOC1. The van der Waals surface area contributed by atoms with E-state index in [0.717, 1.165) is 32.4 Å². The second kappa shape index (κ2) is 5.75. The van der Waals surface area contributed by atoms with Gasteiger partial charge in [0.1, 0.15) is 0 Å². The molecule has 2 atom stereocenters. The number of ether oxygens (including phenoxy) is 1. The summed E-state index contributed by atoms with van der Waals surface area (Å²) in [5.41, 5.74) is 0. The fourth-order valence-corrected chi connectivity index (χ4v) is 2.59. The van der Waals surface area contributed by atoms with Gasteiger partial charge in [0.2, 0.25) is 0 Å². The van der Waals surface area contributed by atoms with Crippen molar-refractivity contribution >= 4 is 5.78 Å². The Balaban J connectivity index is 1.84. The largest absolute Gasteiger partial charge is 0.395 e. The molecular weight excluding hydrogens is 206 g/mol. The Morgan fingerprint density at radius 2 is 2.25 bits per heavy atom. The molecule has 0 aromatic rings. The second-order valence-corrected chi connectivity index (χ2v) is 4.83. The number of hydrogen-bond acceptors (Lipinski definition) is 4. The van der Waals surface area contributed by atoms with E-state index in [1.54, 1.807) is 0 Å². The molecule has 2 heterocycles. The van der Waals surface area contributed by atoms with Crippen molar-refractivity contribution in [1.29, 1.82) is 0 Å². The van der Waals surface area contributed by atoms with Crippen LogP contribution in [0.5, 0.6) is 0 Å². The van der Waals surface area contributed by atoms with E-state index >= 15 is 0 Å². The van der Waals surface area contributed by atoms with Crippen LogP contribution in [-0.4, -0.2) is 54.7 Å². The van der Waals surface area contributed by atoms with Gasteiger partial charge >= 0.3 is 0 Å². The van der Waals surface area contributed by atoms with Gasteiger partial charge < -0.3 is 9.84 Å². The first kappa shape index (κ1) is 12.0. The Labute approximate surface area is 96.6 Å². The molecule has 2 aliphatic rings. The second-order valence-electron chi connectivity index (χ2n) is 4.83. The summed E-state index contributed by atoms with van der Waals surface area (Å²) < 4.78 is 5.23. The molecule has 0 radical (unpaired) electrons. The fraction of sp³-hybridized carbons (Fsp3) is 0.917. The molecule has 0 saturated carbocycles. The molecule has 2 saturated heterocycles. The number of ketones is 1. The van der Waals surface area contributed by atoms with Crippen LogP contribution in [0.2, 0.25) is 0 Å². The van der Waals surface area contributed by atoms with E-state index in [2.05, 4.69) is 4.90 Å². The fourth-order valence-electron chi connectivity index (χ4n) is 2.59. The summed E-state index contributed by atoms with van der Waals surface area (Å²) in [6.07, 6.45) is 4.20. The predicted octanol–water partition coefficient (Wildman–Crippen LogP) is 0.439. The highest BCUT2D eigenvalue weighted by atomic mass is 16.5. The summed E-state index contributed by atoms with van der Waals surface area (Å²) in [5, 5.41) is 9.26. The molecular formula is C12H21NO3. The molecule has 16 heavy (non-hydrogen) atoms. The lowest BCUT2D eigenvalue weighted by Gasteiger charge is -2.34. The molecule has 92 valence electrons. The van der Waals surface area contributed by atoms with Crippen molar-refractivity contribution in [3.63, 3.8) is 0 Å². The number of piperidine rings is 1. The minimum Gasteiger partial charge on any atom is -0.395 e. The molecule has 2 aliphatic heterocycles. The number of hydrogen-bond donors (Lipinski definition) is 1. The minimum atomic E-state index is 0.0984. The lowest BCUT2D eigenvalue weighted by Crippen LogP contribution is -2.45. The number of carbonyl (C=O) groups is 1. The molecule has 0 aliphatic carbocycles. The van der Waals surface area contributed by atoms with Crippen molar-refractivity contribution in [2.75, 3.05) is 32.9 Å². The standard InChI is InChI=1S/C12H21NO3/c14-8-11-3-1-2-5-13(11)7-12(15)10-4-6-16-9-10/h10-11,14H,1-9H2. The molecule has 0 aromatic heterocycles. The molecule has 0 bridgehead atoms. The van der Waals surface area contributed by atoms with Crippen LogP contribution in [0.25, 0.3) is 0 Å². The molecule has 4 heteroatoms. The smallest absolute Gasteiger partial charge is 0.152 e. The highest BCUT2D eigenvalue weighted by Gasteiger charge is 2.28. The van der Waals surface area contributed by atoms with Gasteiger partial charge in [-0.05, 0) is 25.8 Å². The highest BCUT2D eigenvalue weighted by molar-refractivity contribution is 5.83. The zero-order chi connectivity index (χ0) is 11.4. The lowest BCUT2D eigenvalue weighted by atomic mass is 9.99.